The molecule has 0 aliphatic carbocycles. The number of carbonyl (C=O) groups excluding carboxylic acids is 3. The summed E-state index contributed by atoms with van der Waals surface area (Å²) < 4.78 is 11.0. The highest BCUT2D eigenvalue weighted by Gasteiger charge is 2.20. The van der Waals surface area contributed by atoms with Gasteiger partial charge < -0.3 is 14.8 Å². The number of hydrogen-bond acceptors (Lipinski definition) is 5. The van der Waals surface area contributed by atoms with Crippen molar-refractivity contribution in [3.63, 3.8) is 0 Å². The van der Waals surface area contributed by atoms with Crippen LogP contribution in [0, 0.1) is 11.8 Å². The Labute approximate surface area is 265 Å². The predicted molar refractivity (Wildman–Crippen MR) is 180 cm³/mol. The molecule has 0 rings (SSSR count). The molecule has 0 aromatic heterocycles. The van der Waals surface area contributed by atoms with Crippen molar-refractivity contribution in [3.8, 4) is 0 Å². The van der Waals surface area contributed by atoms with Gasteiger partial charge in [-0.15, -0.1) is 0 Å². The number of hydrogen-bond donors (Lipinski definition) is 1. The van der Waals surface area contributed by atoms with Gasteiger partial charge in [-0.25, -0.2) is 0 Å². The normalized spacial score (nSPS) is 12.7. The number of allylic oxidation sites excluding steroid dienone is 2. The second-order valence-electron chi connectivity index (χ2n) is 14.2. The minimum Gasteiger partial charge on any atom is -0.462 e. The molecule has 6 nitrogen and oxygen atoms in total. The zero-order chi connectivity index (χ0) is 32.3. The maximum Gasteiger partial charge on any atom is 0.325 e. The molecule has 0 saturated heterocycles. The Morgan fingerprint density at radius 2 is 1.09 bits per heavy atom. The van der Waals surface area contributed by atoms with E-state index in [1.165, 1.54) is 83.5 Å². The topological polar surface area (TPSA) is 81.7 Å². The summed E-state index contributed by atoms with van der Waals surface area (Å²) in [6.07, 6.45) is 25.2. The Morgan fingerprint density at radius 3 is 1.60 bits per heavy atom. The van der Waals surface area contributed by atoms with Crippen molar-refractivity contribution >= 4 is 17.8 Å². The van der Waals surface area contributed by atoms with Crippen molar-refractivity contribution < 1.29 is 23.9 Å². The molecule has 0 radical (unpaired) electrons. The highest BCUT2D eigenvalue weighted by molar-refractivity contribution is 5.82. The van der Waals surface area contributed by atoms with E-state index in [2.05, 4.69) is 45.2 Å². The monoisotopic (exact) mass is 608 g/mol. The molecule has 6 heteroatoms. The van der Waals surface area contributed by atoms with Crippen LogP contribution >= 0.6 is 0 Å². The number of amides is 1. The number of rotatable bonds is 27. The first kappa shape index (κ1) is 41.1. The van der Waals surface area contributed by atoms with Crippen molar-refractivity contribution in [2.75, 3.05) is 6.54 Å². The van der Waals surface area contributed by atoms with E-state index in [0.717, 1.165) is 31.1 Å². The average Bonchev–Trinajstić information content (AvgIpc) is 2.90. The van der Waals surface area contributed by atoms with Gasteiger partial charge in [0.05, 0.1) is 6.42 Å². The summed E-state index contributed by atoms with van der Waals surface area (Å²) in [6, 6.07) is 0. The van der Waals surface area contributed by atoms with Crippen molar-refractivity contribution in [1.82, 2.24) is 5.32 Å². The molecule has 1 unspecified atom stereocenters. The van der Waals surface area contributed by atoms with E-state index in [-0.39, 0.29) is 24.8 Å². The van der Waals surface area contributed by atoms with E-state index in [1.54, 1.807) is 20.8 Å². The predicted octanol–water partition coefficient (Wildman–Crippen LogP) is 10.0. The van der Waals surface area contributed by atoms with Crippen LogP contribution in [0.2, 0.25) is 0 Å². The molecule has 0 aromatic carbocycles. The van der Waals surface area contributed by atoms with Gasteiger partial charge in [0.2, 0.25) is 5.91 Å². The lowest BCUT2D eigenvalue weighted by Gasteiger charge is -2.20. The molecule has 0 heterocycles. The highest BCUT2D eigenvalue weighted by Crippen LogP contribution is 2.17. The van der Waals surface area contributed by atoms with Gasteiger partial charge in [0, 0.05) is 6.42 Å². The van der Waals surface area contributed by atoms with Gasteiger partial charge in [0.15, 0.2) is 0 Å². The lowest BCUT2D eigenvalue weighted by molar-refractivity contribution is -0.156. The first-order valence-electron chi connectivity index (χ1n) is 17.7. The summed E-state index contributed by atoms with van der Waals surface area (Å²) in [5.74, 6) is 0.559. The lowest BCUT2D eigenvalue weighted by Crippen LogP contribution is -2.36. The molecule has 0 fully saturated rings. The zero-order valence-corrected chi connectivity index (χ0v) is 29.3. The van der Waals surface area contributed by atoms with E-state index in [4.69, 9.17) is 9.47 Å². The van der Waals surface area contributed by atoms with Gasteiger partial charge in [-0.05, 0) is 64.7 Å². The van der Waals surface area contributed by atoms with Gasteiger partial charge in [-0.2, -0.15) is 0 Å². The summed E-state index contributed by atoms with van der Waals surface area (Å²) in [6.45, 7) is 14.3. The third-order valence-electron chi connectivity index (χ3n) is 7.45. The summed E-state index contributed by atoms with van der Waals surface area (Å²) in [7, 11) is 0. The van der Waals surface area contributed by atoms with Crippen LogP contribution in [-0.2, 0) is 23.9 Å². The second kappa shape index (κ2) is 26.5. The van der Waals surface area contributed by atoms with E-state index in [9.17, 15) is 14.4 Å². The number of esters is 2. The zero-order valence-electron chi connectivity index (χ0n) is 29.3. The van der Waals surface area contributed by atoms with Crippen LogP contribution in [0.3, 0.4) is 0 Å². The Morgan fingerprint density at radius 1 is 0.628 bits per heavy atom. The molecule has 0 saturated carbocycles. The van der Waals surface area contributed by atoms with Crippen molar-refractivity contribution in [2.45, 2.75) is 189 Å². The standard InChI is InChI=1S/C37H69NO5/c1-31(2)25-21-17-13-9-8-10-16-20-24-28-35(40)42-33(29-34(39)38-30-36(41)43-37(5,6)7)27-23-19-15-12-11-14-18-22-26-32(3)4/h16,20,31-33H,8-15,17-19,21-30H2,1-7H3,(H,38,39)/b20-16-. The number of carbonyl (C=O) groups is 3. The van der Waals surface area contributed by atoms with Crippen LogP contribution < -0.4 is 5.32 Å². The van der Waals surface area contributed by atoms with Crippen molar-refractivity contribution in [1.29, 1.82) is 0 Å². The average molecular weight is 608 g/mol. The second-order valence-corrected chi connectivity index (χ2v) is 14.2. The molecule has 43 heavy (non-hydrogen) atoms. The molecule has 252 valence electrons. The van der Waals surface area contributed by atoms with Crippen LogP contribution in [0.25, 0.3) is 0 Å². The maximum absolute atomic E-state index is 12.6. The quantitative estimate of drug-likeness (QED) is 0.0571. The van der Waals surface area contributed by atoms with Crippen molar-refractivity contribution in [2.24, 2.45) is 11.8 Å². The molecular weight excluding hydrogens is 538 g/mol. The van der Waals surface area contributed by atoms with Gasteiger partial charge in [-0.3, -0.25) is 14.4 Å². The van der Waals surface area contributed by atoms with Crippen LogP contribution in [0.15, 0.2) is 12.2 Å². The summed E-state index contributed by atoms with van der Waals surface area (Å²) in [4.78, 5) is 37.1. The third kappa shape index (κ3) is 31.4. The molecule has 0 spiro atoms. The minimum absolute atomic E-state index is 0.0669. The summed E-state index contributed by atoms with van der Waals surface area (Å²) in [5.41, 5.74) is -0.602. The molecule has 0 bridgehead atoms. The van der Waals surface area contributed by atoms with Crippen LogP contribution in [0.4, 0.5) is 0 Å². The van der Waals surface area contributed by atoms with E-state index in [0.29, 0.717) is 19.3 Å². The van der Waals surface area contributed by atoms with Crippen LogP contribution in [0.5, 0.6) is 0 Å². The third-order valence-corrected chi connectivity index (χ3v) is 7.45. The van der Waals surface area contributed by atoms with E-state index >= 15 is 0 Å². The Kier molecular flexibility index (Phi) is 25.4. The first-order valence-corrected chi connectivity index (χ1v) is 17.7. The van der Waals surface area contributed by atoms with Gasteiger partial charge in [0.1, 0.15) is 18.2 Å². The largest absolute Gasteiger partial charge is 0.462 e. The molecular formula is C37H69NO5. The van der Waals surface area contributed by atoms with Gasteiger partial charge in [0.25, 0.3) is 0 Å². The summed E-state index contributed by atoms with van der Waals surface area (Å²) in [5, 5.41) is 2.63. The fourth-order valence-corrected chi connectivity index (χ4v) is 5.04. The van der Waals surface area contributed by atoms with Gasteiger partial charge in [-0.1, -0.05) is 123 Å². The Bertz CT molecular complexity index is 738. The lowest BCUT2D eigenvalue weighted by atomic mass is 10.0. The maximum atomic E-state index is 12.6. The molecule has 0 aliphatic heterocycles. The van der Waals surface area contributed by atoms with Crippen molar-refractivity contribution in [3.05, 3.63) is 12.2 Å². The SMILES string of the molecule is CC(C)CCCCCCC/C=C\CCC(=O)OC(CCCCCCCCCCC(C)C)CC(=O)NCC(=O)OC(C)(C)C. The minimum atomic E-state index is -0.602. The van der Waals surface area contributed by atoms with Crippen LogP contribution in [0.1, 0.15) is 177 Å². The smallest absolute Gasteiger partial charge is 0.325 e. The molecule has 1 N–H and O–H groups in total. The van der Waals surface area contributed by atoms with Crippen LogP contribution in [-0.4, -0.2) is 36.1 Å². The molecule has 0 aliphatic rings. The van der Waals surface area contributed by atoms with E-state index in [1.807, 2.05) is 0 Å². The Hall–Kier alpha value is -1.85. The summed E-state index contributed by atoms with van der Waals surface area (Å²) >= 11 is 0. The number of unbranched alkanes of at least 4 members (excludes halogenated alkanes) is 12. The molecule has 0 aromatic rings. The van der Waals surface area contributed by atoms with Gasteiger partial charge >= 0.3 is 11.9 Å². The number of ether oxygens (including phenoxy) is 2. The number of nitrogens with one attached hydrogen (secondary N) is 1. The fraction of sp³-hybridized carbons (Fsp3) is 0.865. The highest BCUT2D eigenvalue weighted by atomic mass is 16.6. The van der Waals surface area contributed by atoms with E-state index < -0.39 is 17.7 Å². The fourth-order valence-electron chi connectivity index (χ4n) is 5.04. The first-order chi connectivity index (χ1) is 20.4. The Balaban J connectivity index is 4.41. The molecule has 1 atom stereocenters. The molecule has 1 amide bonds.